The molecule has 2 aromatic carbocycles. The van der Waals surface area contributed by atoms with Gasteiger partial charge in [0.1, 0.15) is 10.8 Å². The molecule has 0 saturated carbocycles. The number of rotatable bonds is 8. The van der Waals surface area contributed by atoms with Crippen molar-refractivity contribution < 1.29 is 14.3 Å². The summed E-state index contributed by atoms with van der Waals surface area (Å²) in [4.78, 5) is 46.4. The Hall–Kier alpha value is -4.91. The number of halogens is 1. The molecule has 2 amide bonds. The van der Waals surface area contributed by atoms with Crippen molar-refractivity contribution in [3.8, 4) is 22.6 Å². The van der Waals surface area contributed by atoms with Crippen LogP contribution in [0.2, 0.25) is 5.15 Å². The average Bonchev–Trinajstić information content (AvgIpc) is 3.92. The first-order valence-corrected chi connectivity index (χ1v) is 16.4. The second-order valence-electron chi connectivity index (χ2n) is 12.7. The number of hydrogen-bond donors (Lipinski definition) is 2. The monoisotopic (exact) mass is 663 g/mol. The molecule has 13 heteroatoms. The summed E-state index contributed by atoms with van der Waals surface area (Å²) in [6, 6.07) is 19.8. The molecule has 0 aliphatic carbocycles. The molecule has 0 unspecified atom stereocenters. The number of pyridine rings is 1. The zero-order valence-electron chi connectivity index (χ0n) is 26.3. The standard InChI is InChI=1S/C35H34ClN9O3/c1-48-35(34(47)40-24-5-8-29-28(16-24)32(42-41-29)23-9-13-37-30(36)15-23)10-14-43(21-35)20-31(46)45-19-26-17-27(45)18-44(26)25-6-3-22(4-7-25)33-38-11-2-12-39-33/h2-9,11-13,15-16,26-27H,10,14,17-21H2,1H3,(H,40,47)(H,41,42)/t26-,27-,35+/m1/s1. The van der Waals surface area contributed by atoms with Crippen molar-refractivity contribution >= 4 is 45.7 Å². The van der Waals surface area contributed by atoms with E-state index in [0.29, 0.717) is 48.4 Å². The van der Waals surface area contributed by atoms with Gasteiger partial charge in [-0.05, 0) is 73.5 Å². The molecule has 3 aromatic heterocycles. The third-order valence-corrected chi connectivity index (χ3v) is 10.1. The number of carbonyl (C=O) groups is 2. The smallest absolute Gasteiger partial charge is 0.258 e. The number of carbonyl (C=O) groups excluding carboxylic acids is 2. The molecule has 3 fully saturated rings. The van der Waals surface area contributed by atoms with E-state index in [2.05, 4.69) is 59.6 Å². The summed E-state index contributed by atoms with van der Waals surface area (Å²) in [5.41, 5.74) is 4.06. The van der Waals surface area contributed by atoms with Crippen LogP contribution in [-0.4, -0.2) is 104 Å². The zero-order chi connectivity index (χ0) is 32.8. The quantitative estimate of drug-likeness (QED) is 0.234. The molecule has 0 radical (unpaired) electrons. The molecule has 5 aromatic rings. The number of nitrogens with zero attached hydrogens (tertiary/aromatic N) is 7. The van der Waals surface area contributed by atoms with Crippen LogP contribution in [0.15, 0.2) is 79.3 Å². The van der Waals surface area contributed by atoms with E-state index in [0.717, 1.165) is 40.7 Å². The van der Waals surface area contributed by atoms with E-state index in [4.69, 9.17) is 16.3 Å². The second-order valence-corrected chi connectivity index (χ2v) is 13.1. The molecule has 0 spiro atoms. The highest BCUT2D eigenvalue weighted by Crippen LogP contribution is 2.36. The second kappa shape index (κ2) is 12.3. The Balaban J connectivity index is 0.886. The van der Waals surface area contributed by atoms with Crippen molar-refractivity contribution in [2.45, 2.75) is 30.5 Å². The maximum Gasteiger partial charge on any atom is 0.258 e. The number of benzene rings is 2. The number of likely N-dealkylation sites (tertiary alicyclic amines) is 2. The first-order chi connectivity index (χ1) is 23.4. The zero-order valence-corrected chi connectivity index (χ0v) is 27.1. The Morgan fingerprint density at radius 3 is 2.58 bits per heavy atom. The van der Waals surface area contributed by atoms with Gasteiger partial charge in [-0.3, -0.25) is 19.6 Å². The van der Waals surface area contributed by atoms with Crippen LogP contribution in [0.5, 0.6) is 0 Å². The third-order valence-electron chi connectivity index (χ3n) is 9.88. The Labute approximate surface area is 282 Å². The Bertz CT molecular complexity index is 1990. The SMILES string of the molecule is CO[C@@]1(C(=O)Nc2ccc3[nH]nc(-c4ccnc(Cl)c4)c3c2)CCN(CC(=O)N2C[C@H]3C[C@@H]2CN3c2ccc(-c3ncccn3)cc2)C1. The lowest BCUT2D eigenvalue weighted by atomic mass is 10.0. The lowest BCUT2D eigenvalue weighted by Gasteiger charge is -2.36. The largest absolute Gasteiger partial charge is 0.367 e. The van der Waals surface area contributed by atoms with E-state index in [1.165, 1.54) is 0 Å². The van der Waals surface area contributed by atoms with Gasteiger partial charge < -0.3 is 19.9 Å². The molecule has 3 saturated heterocycles. The number of hydrogen-bond acceptors (Lipinski definition) is 9. The minimum absolute atomic E-state index is 0.0974. The fraction of sp³-hybridized carbons (Fsp3) is 0.314. The van der Waals surface area contributed by atoms with Crippen LogP contribution >= 0.6 is 11.6 Å². The molecule has 3 atom stereocenters. The molecule has 244 valence electrons. The number of amides is 2. The van der Waals surface area contributed by atoms with Gasteiger partial charge >= 0.3 is 0 Å². The summed E-state index contributed by atoms with van der Waals surface area (Å²) in [6.07, 6.45) is 6.56. The van der Waals surface area contributed by atoms with E-state index in [9.17, 15) is 9.59 Å². The summed E-state index contributed by atoms with van der Waals surface area (Å²) in [6.45, 7) is 2.68. The molecular formula is C35H34ClN9O3. The minimum atomic E-state index is -1.06. The van der Waals surface area contributed by atoms with Gasteiger partial charge in [0.15, 0.2) is 11.4 Å². The van der Waals surface area contributed by atoms with Crippen LogP contribution < -0.4 is 10.2 Å². The van der Waals surface area contributed by atoms with E-state index >= 15 is 0 Å². The topological polar surface area (TPSA) is 132 Å². The Morgan fingerprint density at radius 1 is 1.00 bits per heavy atom. The molecule has 6 heterocycles. The Morgan fingerprint density at radius 2 is 1.83 bits per heavy atom. The normalized spacial score (nSPS) is 22.1. The van der Waals surface area contributed by atoms with Crippen LogP contribution in [0.3, 0.4) is 0 Å². The summed E-state index contributed by atoms with van der Waals surface area (Å²) in [5, 5.41) is 11.8. The van der Waals surface area contributed by atoms with Gasteiger partial charge in [0, 0.05) is 85.8 Å². The highest BCUT2D eigenvalue weighted by atomic mass is 35.5. The van der Waals surface area contributed by atoms with E-state index < -0.39 is 5.60 Å². The highest BCUT2D eigenvalue weighted by molar-refractivity contribution is 6.29. The van der Waals surface area contributed by atoms with Crippen molar-refractivity contribution in [1.82, 2.24) is 34.9 Å². The minimum Gasteiger partial charge on any atom is -0.367 e. The third kappa shape index (κ3) is 5.55. The summed E-state index contributed by atoms with van der Waals surface area (Å²) in [5.74, 6) is 0.565. The van der Waals surface area contributed by atoms with Gasteiger partial charge in [0.25, 0.3) is 5.91 Å². The van der Waals surface area contributed by atoms with Crippen LogP contribution in [-0.2, 0) is 14.3 Å². The lowest BCUT2D eigenvalue weighted by Crippen LogP contribution is -2.52. The lowest BCUT2D eigenvalue weighted by molar-refractivity contribution is -0.138. The van der Waals surface area contributed by atoms with Crippen LogP contribution in [0, 0.1) is 0 Å². The number of piperazine rings is 1. The molecule has 3 aliphatic heterocycles. The number of anilines is 2. The number of aromatic amines is 1. The summed E-state index contributed by atoms with van der Waals surface area (Å²) < 4.78 is 5.86. The van der Waals surface area contributed by atoms with Crippen LogP contribution in [0.4, 0.5) is 11.4 Å². The van der Waals surface area contributed by atoms with Crippen molar-refractivity contribution in [2.75, 3.05) is 50.1 Å². The predicted molar refractivity (Wildman–Crippen MR) is 182 cm³/mol. The predicted octanol–water partition coefficient (Wildman–Crippen LogP) is 4.25. The molecule has 8 rings (SSSR count). The first-order valence-electron chi connectivity index (χ1n) is 16.0. The first kappa shape index (κ1) is 30.4. The highest BCUT2D eigenvalue weighted by Gasteiger charge is 2.48. The molecule has 2 N–H and O–H groups in total. The van der Waals surface area contributed by atoms with Crippen LogP contribution in [0.25, 0.3) is 33.5 Å². The fourth-order valence-electron chi connectivity index (χ4n) is 7.37. The van der Waals surface area contributed by atoms with Crippen molar-refractivity contribution in [2.24, 2.45) is 0 Å². The summed E-state index contributed by atoms with van der Waals surface area (Å²) in [7, 11) is 1.56. The van der Waals surface area contributed by atoms with Crippen molar-refractivity contribution in [3.05, 3.63) is 84.4 Å². The number of ether oxygens (including phenoxy) is 1. The van der Waals surface area contributed by atoms with Gasteiger partial charge in [-0.2, -0.15) is 5.10 Å². The van der Waals surface area contributed by atoms with Gasteiger partial charge in [0.2, 0.25) is 5.91 Å². The fourth-order valence-corrected chi connectivity index (χ4v) is 7.54. The number of methoxy groups -OCH3 is 1. The number of nitrogens with one attached hydrogen (secondary N) is 2. The molecule has 2 bridgehead atoms. The van der Waals surface area contributed by atoms with Gasteiger partial charge in [-0.1, -0.05) is 11.6 Å². The van der Waals surface area contributed by atoms with Crippen molar-refractivity contribution in [3.63, 3.8) is 0 Å². The van der Waals surface area contributed by atoms with Crippen LogP contribution in [0.1, 0.15) is 12.8 Å². The molecule has 3 aliphatic rings. The van der Waals surface area contributed by atoms with E-state index in [1.807, 2.05) is 40.1 Å². The van der Waals surface area contributed by atoms with Crippen molar-refractivity contribution in [1.29, 1.82) is 0 Å². The van der Waals surface area contributed by atoms with E-state index in [-0.39, 0.29) is 30.4 Å². The maximum atomic E-state index is 13.7. The summed E-state index contributed by atoms with van der Waals surface area (Å²) >= 11 is 6.11. The molecule has 48 heavy (non-hydrogen) atoms. The number of H-pyrrole nitrogens is 1. The van der Waals surface area contributed by atoms with E-state index in [1.54, 1.807) is 31.8 Å². The maximum absolute atomic E-state index is 13.7. The molecule has 12 nitrogen and oxygen atoms in total. The number of aromatic nitrogens is 5. The number of fused-ring (bicyclic) bond motifs is 3. The van der Waals surface area contributed by atoms with Gasteiger partial charge in [0.05, 0.1) is 18.1 Å². The Kier molecular flexibility index (Phi) is 7.78. The van der Waals surface area contributed by atoms with Gasteiger partial charge in [-0.15, -0.1) is 0 Å². The average molecular weight is 664 g/mol. The molecular weight excluding hydrogens is 630 g/mol. The van der Waals surface area contributed by atoms with Gasteiger partial charge in [-0.25, -0.2) is 15.0 Å².